The number of hydrogen-bond acceptors (Lipinski definition) is 3. The lowest BCUT2D eigenvalue weighted by molar-refractivity contribution is -0.147. The second-order valence-electron chi connectivity index (χ2n) is 6.11. The lowest BCUT2D eigenvalue weighted by Crippen LogP contribution is -2.41. The van der Waals surface area contributed by atoms with Crippen molar-refractivity contribution in [3.05, 3.63) is 83.4 Å². The van der Waals surface area contributed by atoms with E-state index in [1.165, 1.54) is 7.11 Å². The van der Waals surface area contributed by atoms with Gasteiger partial charge >= 0.3 is 5.97 Å². The van der Waals surface area contributed by atoms with E-state index in [0.29, 0.717) is 17.9 Å². The third-order valence-electron chi connectivity index (χ3n) is 4.70. The second kappa shape index (κ2) is 7.24. The van der Waals surface area contributed by atoms with Crippen LogP contribution in [0.4, 0.5) is 0 Å². The minimum atomic E-state index is -0.979. The standard InChI is InChI=1S/C21H20ClNO2/c1-3-18(15-7-5-4-6-8-15)21(20(24)25-2)14-13-19(23-21)16-9-11-17(22)12-10-16/h3-12,18H,1,13-14H2,2H3/t18-,21+/m1/s1. The maximum absolute atomic E-state index is 12.7. The van der Waals surface area contributed by atoms with E-state index in [-0.39, 0.29) is 11.9 Å². The number of halogens is 1. The monoisotopic (exact) mass is 353 g/mol. The molecule has 0 spiro atoms. The normalized spacial score (nSPS) is 20.6. The minimum Gasteiger partial charge on any atom is -0.467 e. The summed E-state index contributed by atoms with van der Waals surface area (Å²) in [6, 6.07) is 17.4. The molecule has 3 rings (SSSR count). The molecule has 0 N–H and O–H groups in total. The molecular weight excluding hydrogens is 334 g/mol. The van der Waals surface area contributed by atoms with Gasteiger partial charge in [-0.1, -0.05) is 60.1 Å². The number of carbonyl (C=O) groups is 1. The Balaban J connectivity index is 2.07. The molecule has 25 heavy (non-hydrogen) atoms. The Kier molecular flexibility index (Phi) is 5.05. The van der Waals surface area contributed by atoms with Crippen LogP contribution in [0.25, 0.3) is 0 Å². The number of carbonyl (C=O) groups excluding carboxylic acids is 1. The number of nitrogens with zero attached hydrogens (tertiary/aromatic N) is 1. The zero-order chi connectivity index (χ0) is 17.9. The predicted octanol–water partition coefficient (Wildman–Crippen LogP) is 4.80. The summed E-state index contributed by atoms with van der Waals surface area (Å²) in [6.45, 7) is 3.96. The van der Waals surface area contributed by atoms with E-state index in [2.05, 4.69) is 6.58 Å². The average molecular weight is 354 g/mol. The molecule has 0 saturated carbocycles. The molecule has 0 fully saturated rings. The Morgan fingerprint density at radius 3 is 2.52 bits per heavy atom. The van der Waals surface area contributed by atoms with Gasteiger partial charge in [0.2, 0.25) is 0 Å². The van der Waals surface area contributed by atoms with Crippen molar-refractivity contribution in [2.75, 3.05) is 7.11 Å². The third kappa shape index (κ3) is 3.24. The first-order valence-corrected chi connectivity index (χ1v) is 8.59. The van der Waals surface area contributed by atoms with E-state index in [0.717, 1.165) is 16.8 Å². The van der Waals surface area contributed by atoms with Gasteiger partial charge in [-0.2, -0.15) is 0 Å². The molecule has 0 aromatic heterocycles. The number of ether oxygens (including phenoxy) is 1. The molecule has 1 heterocycles. The molecule has 0 unspecified atom stereocenters. The van der Waals surface area contributed by atoms with Crippen LogP contribution in [0.3, 0.4) is 0 Å². The minimum absolute atomic E-state index is 0.244. The largest absolute Gasteiger partial charge is 0.467 e. The lowest BCUT2D eigenvalue weighted by atomic mass is 9.78. The van der Waals surface area contributed by atoms with Crippen molar-refractivity contribution in [1.29, 1.82) is 0 Å². The topological polar surface area (TPSA) is 38.7 Å². The van der Waals surface area contributed by atoms with Crippen molar-refractivity contribution in [3.63, 3.8) is 0 Å². The van der Waals surface area contributed by atoms with Crippen LogP contribution >= 0.6 is 11.6 Å². The zero-order valence-electron chi connectivity index (χ0n) is 14.1. The lowest BCUT2D eigenvalue weighted by Gasteiger charge is -2.30. The molecule has 2 atom stereocenters. The number of methoxy groups -OCH3 is 1. The van der Waals surface area contributed by atoms with E-state index in [9.17, 15) is 4.79 Å². The van der Waals surface area contributed by atoms with Crippen LogP contribution in [0, 0.1) is 0 Å². The van der Waals surface area contributed by atoms with E-state index in [1.807, 2.05) is 54.6 Å². The molecule has 0 amide bonds. The smallest absolute Gasteiger partial charge is 0.334 e. The second-order valence-corrected chi connectivity index (χ2v) is 6.54. The Morgan fingerprint density at radius 1 is 1.24 bits per heavy atom. The molecule has 0 aliphatic carbocycles. The van der Waals surface area contributed by atoms with Gasteiger partial charge < -0.3 is 4.74 Å². The highest BCUT2D eigenvalue weighted by Gasteiger charge is 2.49. The van der Waals surface area contributed by atoms with Crippen molar-refractivity contribution < 1.29 is 9.53 Å². The fourth-order valence-electron chi connectivity index (χ4n) is 3.46. The molecule has 1 aliphatic heterocycles. The van der Waals surface area contributed by atoms with Gasteiger partial charge in [-0.3, -0.25) is 4.99 Å². The van der Waals surface area contributed by atoms with E-state index in [1.54, 1.807) is 6.08 Å². The van der Waals surface area contributed by atoms with Crippen molar-refractivity contribution in [2.24, 2.45) is 4.99 Å². The summed E-state index contributed by atoms with van der Waals surface area (Å²) >= 11 is 5.97. The van der Waals surface area contributed by atoms with Gasteiger partial charge in [0.1, 0.15) is 0 Å². The van der Waals surface area contributed by atoms with Gasteiger partial charge in [0, 0.05) is 16.7 Å². The van der Waals surface area contributed by atoms with Crippen molar-refractivity contribution in [1.82, 2.24) is 0 Å². The summed E-state index contributed by atoms with van der Waals surface area (Å²) in [4.78, 5) is 17.6. The highest BCUT2D eigenvalue weighted by molar-refractivity contribution is 6.30. The Morgan fingerprint density at radius 2 is 1.92 bits per heavy atom. The molecule has 2 aromatic rings. The molecule has 1 aliphatic rings. The molecule has 0 radical (unpaired) electrons. The first-order chi connectivity index (χ1) is 12.1. The molecule has 0 bridgehead atoms. The predicted molar refractivity (Wildman–Crippen MR) is 101 cm³/mol. The van der Waals surface area contributed by atoms with Crippen LogP contribution in [0.1, 0.15) is 29.9 Å². The summed E-state index contributed by atoms with van der Waals surface area (Å²) in [5.74, 6) is -0.573. The number of esters is 1. The number of rotatable bonds is 5. The highest BCUT2D eigenvalue weighted by Crippen LogP contribution is 2.42. The van der Waals surface area contributed by atoms with Crippen LogP contribution in [0.2, 0.25) is 5.02 Å². The molecule has 2 aromatic carbocycles. The average Bonchev–Trinajstić information content (AvgIpc) is 3.09. The Bertz CT molecular complexity index is 798. The first-order valence-electron chi connectivity index (χ1n) is 8.21. The summed E-state index contributed by atoms with van der Waals surface area (Å²) in [7, 11) is 1.41. The SMILES string of the molecule is C=C[C@H](c1ccccc1)[C@]1(C(=O)OC)CCC(c2ccc(Cl)cc2)=N1. The van der Waals surface area contributed by atoms with Crippen LogP contribution in [-0.4, -0.2) is 24.3 Å². The summed E-state index contributed by atoms with van der Waals surface area (Å²) in [5, 5.41) is 0.676. The highest BCUT2D eigenvalue weighted by atomic mass is 35.5. The van der Waals surface area contributed by atoms with Crippen LogP contribution < -0.4 is 0 Å². The van der Waals surface area contributed by atoms with Gasteiger partial charge in [-0.25, -0.2) is 4.79 Å². The first kappa shape index (κ1) is 17.4. The Hall–Kier alpha value is -2.39. The van der Waals surface area contributed by atoms with E-state index in [4.69, 9.17) is 21.3 Å². The van der Waals surface area contributed by atoms with Gasteiger partial charge in [0.25, 0.3) is 0 Å². The fourth-order valence-corrected chi connectivity index (χ4v) is 3.58. The maximum Gasteiger partial charge on any atom is 0.334 e. The zero-order valence-corrected chi connectivity index (χ0v) is 14.9. The van der Waals surface area contributed by atoms with Gasteiger partial charge in [-0.05, 0) is 36.1 Å². The van der Waals surface area contributed by atoms with Crippen molar-refractivity contribution in [2.45, 2.75) is 24.3 Å². The van der Waals surface area contributed by atoms with Crippen LogP contribution in [0.5, 0.6) is 0 Å². The van der Waals surface area contributed by atoms with Gasteiger partial charge in [-0.15, -0.1) is 6.58 Å². The van der Waals surface area contributed by atoms with Gasteiger partial charge in [0.15, 0.2) is 5.54 Å². The number of benzene rings is 2. The quantitative estimate of drug-likeness (QED) is 0.571. The Labute approximate surface area is 153 Å². The van der Waals surface area contributed by atoms with E-state index < -0.39 is 5.54 Å². The molecular formula is C21H20ClNO2. The molecule has 4 heteroatoms. The molecule has 128 valence electrons. The maximum atomic E-state index is 12.7. The van der Waals surface area contributed by atoms with Crippen LogP contribution in [0.15, 0.2) is 72.2 Å². The number of hydrogen-bond donors (Lipinski definition) is 0. The summed E-state index contributed by atoms with van der Waals surface area (Å²) in [5.41, 5.74) is 1.90. The van der Waals surface area contributed by atoms with Crippen molar-refractivity contribution in [3.8, 4) is 0 Å². The van der Waals surface area contributed by atoms with Crippen LogP contribution in [-0.2, 0) is 9.53 Å². The summed E-state index contributed by atoms with van der Waals surface area (Å²) < 4.78 is 5.13. The van der Waals surface area contributed by atoms with Crippen molar-refractivity contribution >= 4 is 23.3 Å². The summed E-state index contributed by atoms with van der Waals surface area (Å²) in [6.07, 6.45) is 3.08. The molecule has 3 nitrogen and oxygen atoms in total. The van der Waals surface area contributed by atoms with Gasteiger partial charge in [0.05, 0.1) is 7.11 Å². The number of aliphatic imine (C=N–C) groups is 1. The molecule has 0 saturated heterocycles. The fraction of sp³-hybridized carbons (Fsp3) is 0.238. The van der Waals surface area contributed by atoms with E-state index >= 15 is 0 Å². The third-order valence-corrected chi connectivity index (χ3v) is 4.95.